The quantitative estimate of drug-likeness (QED) is 0.318. The lowest BCUT2D eigenvalue weighted by Crippen LogP contribution is -2.66. The van der Waals surface area contributed by atoms with E-state index in [1.54, 1.807) is 0 Å². The van der Waals surface area contributed by atoms with Gasteiger partial charge in [0.05, 0.1) is 0 Å². The Bertz CT molecular complexity index is 300. The van der Waals surface area contributed by atoms with Gasteiger partial charge in [0.1, 0.15) is 4.92 Å². The molecule has 1 atom stereocenters. The largest absolute Gasteiger partial charge is 0.560 e. The van der Waals surface area contributed by atoms with Gasteiger partial charge >= 0.3 is 23.8 Å². The summed E-state index contributed by atoms with van der Waals surface area (Å²) < 4.78 is 60.0. The van der Waals surface area contributed by atoms with Crippen molar-refractivity contribution in [2.75, 3.05) is 0 Å². The van der Waals surface area contributed by atoms with Gasteiger partial charge < -0.3 is 10.2 Å². The summed E-state index contributed by atoms with van der Waals surface area (Å²) >= 11 is 0. The van der Waals surface area contributed by atoms with E-state index >= 15 is 0 Å². The van der Waals surface area contributed by atoms with Crippen LogP contribution in [0.5, 0.6) is 0 Å². The zero-order chi connectivity index (χ0) is 12.7. The lowest BCUT2D eigenvalue weighted by molar-refractivity contribution is -0.675. The average Bonchev–Trinajstić information content (AvgIpc) is 1.99. The van der Waals surface area contributed by atoms with E-state index in [1.165, 1.54) is 0 Å². The molecular weight excluding hydrogens is 237 g/mol. The van der Waals surface area contributed by atoms with Crippen LogP contribution in [-0.2, 0) is 4.79 Å². The number of carboxylic acids is 1. The molecule has 0 radical (unpaired) electrons. The molecule has 0 amide bonds. The number of nitrogens with zero attached hydrogens (tertiary/aromatic N) is 1. The summed E-state index contributed by atoms with van der Waals surface area (Å²) in [6, 6.07) is -6.09. The summed E-state index contributed by atoms with van der Waals surface area (Å²) in [6.45, 7) is 0. The fourth-order valence-corrected chi connectivity index (χ4v) is 0.553. The number of aliphatic hydroxyl groups is 1. The van der Waals surface area contributed by atoms with Crippen molar-refractivity contribution in [2.24, 2.45) is 0 Å². The maximum absolute atomic E-state index is 12.3. The summed E-state index contributed by atoms with van der Waals surface area (Å²) in [6.07, 6.45) is -6.39. The Balaban J connectivity index is 5.73. The first-order valence-electron chi connectivity index (χ1n) is 2.94. The minimum Gasteiger partial charge on any atom is -0.478 e. The topological polar surface area (TPSA) is 101 Å². The molecule has 0 aromatic carbocycles. The van der Waals surface area contributed by atoms with E-state index in [4.69, 9.17) is 10.2 Å². The monoisotopic (exact) mass is 239 g/mol. The van der Waals surface area contributed by atoms with Crippen LogP contribution < -0.4 is 0 Å². The first-order valence-corrected chi connectivity index (χ1v) is 2.94. The van der Waals surface area contributed by atoms with Crippen LogP contribution >= 0.6 is 0 Å². The van der Waals surface area contributed by atoms with Crippen molar-refractivity contribution in [2.45, 2.75) is 17.8 Å². The predicted octanol–water partition coefficient (Wildman–Crippen LogP) is 0.234. The minimum absolute atomic E-state index is 2.82. The summed E-state index contributed by atoms with van der Waals surface area (Å²) in [4.78, 5) is 16.6. The van der Waals surface area contributed by atoms with Crippen molar-refractivity contribution in [1.82, 2.24) is 0 Å². The Labute approximate surface area is 77.1 Å². The van der Waals surface area contributed by atoms with E-state index in [0.717, 1.165) is 0 Å². The van der Waals surface area contributed by atoms with Gasteiger partial charge in [0.2, 0.25) is 0 Å². The van der Waals surface area contributed by atoms with Gasteiger partial charge in [0, 0.05) is 0 Å². The van der Waals surface area contributed by atoms with Crippen LogP contribution in [0.3, 0.4) is 0 Å². The van der Waals surface area contributed by atoms with Gasteiger partial charge in [-0.3, -0.25) is 10.1 Å². The highest BCUT2D eigenvalue weighted by atomic mass is 19.4. The Kier molecular flexibility index (Phi) is 2.92. The van der Waals surface area contributed by atoms with Crippen molar-refractivity contribution in [3.05, 3.63) is 10.1 Å². The molecule has 0 fully saturated rings. The normalized spacial score (nSPS) is 16.9. The summed E-state index contributed by atoms with van der Waals surface area (Å²) in [5.41, 5.74) is -5.76. The number of aliphatic carboxylic acids is 1. The fraction of sp³-hybridized carbons (Fsp3) is 0.750. The van der Waals surface area contributed by atoms with E-state index in [9.17, 15) is 36.9 Å². The van der Waals surface area contributed by atoms with Crippen molar-refractivity contribution in [3.8, 4) is 0 Å². The number of hydrogen-bond donors (Lipinski definition) is 2. The molecule has 0 saturated carbocycles. The zero-order valence-corrected chi connectivity index (χ0v) is 6.46. The van der Waals surface area contributed by atoms with E-state index in [0.29, 0.717) is 0 Å². The summed E-state index contributed by atoms with van der Waals surface area (Å²) in [5.74, 6) is -3.46. The van der Waals surface area contributed by atoms with Crippen molar-refractivity contribution in [3.63, 3.8) is 0 Å². The van der Waals surface area contributed by atoms with Gasteiger partial charge in [-0.1, -0.05) is 0 Å². The number of carbonyl (C=O) groups is 1. The standard InChI is InChI=1S/C4H2F5NO5/c5-3(6,7)2(13,1(11)12)4(8,9)10(14)15/h13H,(H,11,12). The van der Waals surface area contributed by atoms with Crippen LogP contribution in [0.1, 0.15) is 0 Å². The van der Waals surface area contributed by atoms with Gasteiger partial charge in [-0.25, -0.2) is 4.79 Å². The molecule has 0 aliphatic carbocycles. The molecule has 0 spiro atoms. The molecule has 0 aromatic heterocycles. The molecular formula is C4H2F5NO5. The van der Waals surface area contributed by atoms with Gasteiger partial charge in [-0.15, -0.1) is 8.78 Å². The van der Waals surface area contributed by atoms with E-state index in [1.807, 2.05) is 0 Å². The summed E-state index contributed by atoms with van der Waals surface area (Å²) in [5, 5.41) is 25.6. The van der Waals surface area contributed by atoms with Crippen LogP contribution in [0.4, 0.5) is 22.0 Å². The Morgan fingerprint density at radius 3 is 1.60 bits per heavy atom. The van der Waals surface area contributed by atoms with Gasteiger partial charge in [-0.05, 0) is 0 Å². The molecule has 1 unspecified atom stereocenters. The third kappa shape index (κ3) is 1.69. The van der Waals surface area contributed by atoms with Gasteiger partial charge in [0.15, 0.2) is 0 Å². The third-order valence-corrected chi connectivity index (χ3v) is 1.38. The smallest absolute Gasteiger partial charge is 0.478 e. The van der Waals surface area contributed by atoms with Crippen LogP contribution in [-0.4, -0.2) is 38.9 Å². The number of nitro groups is 1. The van der Waals surface area contributed by atoms with E-state index in [-0.39, 0.29) is 0 Å². The van der Waals surface area contributed by atoms with Crippen LogP contribution in [0, 0.1) is 10.1 Å². The molecule has 15 heavy (non-hydrogen) atoms. The predicted molar refractivity (Wildman–Crippen MR) is 30.6 cm³/mol. The van der Waals surface area contributed by atoms with Gasteiger partial charge in [-0.2, -0.15) is 13.2 Å². The number of halogens is 5. The Morgan fingerprint density at radius 2 is 1.53 bits per heavy atom. The first-order chi connectivity index (χ1) is 6.39. The Morgan fingerprint density at radius 1 is 1.20 bits per heavy atom. The molecule has 0 aliphatic heterocycles. The van der Waals surface area contributed by atoms with E-state index < -0.39 is 28.7 Å². The van der Waals surface area contributed by atoms with E-state index in [2.05, 4.69) is 0 Å². The minimum atomic E-state index is -6.39. The van der Waals surface area contributed by atoms with Crippen molar-refractivity contribution in [1.29, 1.82) is 0 Å². The SMILES string of the molecule is O=C(O)C(O)(C(F)(F)F)C(F)(F)[N+](=O)[O-]. The second kappa shape index (κ2) is 3.25. The van der Waals surface area contributed by atoms with Gasteiger partial charge in [0.25, 0.3) is 0 Å². The summed E-state index contributed by atoms with van der Waals surface area (Å²) in [7, 11) is 0. The van der Waals surface area contributed by atoms with Crippen LogP contribution in [0.25, 0.3) is 0 Å². The highest BCUT2D eigenvalue weighted by Crippen LogP contribution is 2.42. The molecule has 0 rings (SSSR count). The number of rotatable bonds is 3. The molecule has 0 aliphatic rings. The van der Waals surface area contributed by atoms with Crippen LogP contribution in [0.15, 0.2) is 0 Å². The highest BCUT2D eigenvalue weighted by Gasteiger charge is 2.83. The molecule has 2 N–H and O–H groups in total. The molecule has 0 saturated heterocycles. The number of carboxylic acid groups (broad SMARTS) is 1. The average molecular weight is 239 g/mol. The number of alkyl halides is 5. The number of hydrogen-bond acceptors (Lipinski definition) is 4. The molecule has 0 heterocycles. The lowest BCUT2D eigenvalue weighted by Gasteiger charge is -2.26. The maximum atomic E-state index is 12.3. The molecule has 88 valence electrons. The molecule has 0 bridgehead atoms. The maximum Gasteiger partial charge on any atom is 0.560 e. The lowest BCUT2D eigenvalue weighted by atomic mass is 10.0. The van der Waals surface area contributed by atoms with Crippen molar-refractivity contribution >= 4 is 5.97 Å². The second-order valence-corrected chi connectivity index (χ2v) is 2.31. The fourth-order valence-electron chi connectivity index (χ4n) is 0.553. The van der Waals surface area contributed by atoms with Crippen molar-refractivity contribution < 1.29 is 41.9 Å². The zero-order valence-electron chi connectivity index (χ0n) is 6.46. The highest BCUT2D eigenvalue weighted by molar-refractivity contribution is 5.79. The molecule has 0 aromatic rings. The van der Waals surface area contributed by atoms with Crippen LogP contribution in [0.2, 0.25) is 0 Å². The third-order valence-electron chi connectivity index (χ3n) is 1.38. The Hall–Kier alpha value is -1.52. The molecule has 6 nitrogen and oxygen atoms in total. The second-order valence-electron chi connectivity index (χ2n) is 2.31. The first kappa shape index (κ1) is 13.5. The molecule has 11 heteroatoms.